The molecule has 104 valence electrons. The van der Waals surface area contributed by atoms with Crippen molar-refractivity contribution in [3.63, 3.8) is 0 Å². The van der Waals surface area contributed by atoms with Crippen LogP contribution in [0.1, 0.15) is 26.7 Å². The smallest absolute Gasteiger partial charge is 0.328 e. The highest BCUT2D eigenvalue weighted by atomic mass is 16.4. The minimum Gasteiger partial charge on any atom is -0.481 e. The van der Waals surface area contributed by atoms with Crippen LogP contribution in [0.5, 0.6) is 0 Å². The zero-order valence-corrected chi connectivity index (χ0v) is 10.4. The van der Waals surface area contributed by atoms with Crippen LogP contribution >= 0.6 is 0 Å². The summed E-state index contributed by atoms with van der Waals surface area (Å²) >= 11 is 0. The number of aliphatic hydroxyl groups excluding tert-OH is 1. The number of hydrogen-bond acceptors (Lipinski definition) is 4. The summed E-state index contributed by atoms with van der Waals surface area (Å²) in [6, 6.07) is -1.40. The summed E-state index contributed by atoms with van der Waals surface area (Å²) in [4.78, 5) is 33.0. The van der Waals surface area contributed by atoms with E-state index in [9.17, 15) is 14.4 Å². The molecular formula is C11H19NO6. The molecular weight excluding hydrogens is 242 g/mol. The van der Waals surface area contributed by atoms with Crippen LogP contribution in [0.4, 0.5) is 0 Å². The highest BCUT2D eigenvalue weighted by Crippen LogP contribution is 2.16. The van der Waals surface area contributed by atoms with Crippen LogP contribution in [0.3, 0.4) is 0 Å². The molecule has 0 aromatic carbocycles. The Bertz CT molecular complexity index is 315. The van der Waals surface area contributed by atoms with E-state index in [4.69, 9.17) is 15.3 Å². The Morgan fingerprint density at radius 1 is 1.17 bits per heavy atom. The van der Waals surface area contributed by atoms with E-state index in [1.165, 1.54) is 0 Å². The molecule has 0 rings (SSSR count). The molecule has 0 bridgehead atoms. The van der Waals surface area contributed by atoms with E-state index in [2.05, 4.69) is 5.32 Å². The van der Waals surface area contributed by atoms with Gasteiger partial charge in [-0.3, -0.25) is 9.59 Å². The maximum atomic E-state index is 11.7. The lowest BCUT2D eigenvalue weighted by atomic mass is 9.93. The highest BCUT2D eigenvalue weighted by Gasteiger charge is 2.27. The molecule has 0 saturated heterocycles. The molecule has 0 aliphatic heterocycles. The third-order valence-corrected chi connectivity index (χ3v) is 2.34. The maximum absolute atomic E-state index is 11.7. The summed E-state index contributed by atoms with van der Waals surface area (Å²) in [5.41, 5.74) is 0. The predicted octanol–water partition coefficient (Wildman–Crippen LogP) is -0.315. The standard InChI is InChI=1S/C11H19NO6/c1-6(2)3-7(4-9(14)15)10(16)12-8(5-13)11(17)18/h6-8,13H,3-5H2,1-2H3,(H,12,16)(H,14,15)(H,17,18)/t7-,8+/m1/s1. The molecule has 7 heteroatoms. The van der Waals surface area contributed by atoms with Crippen LogP contribution in [0.15, 0.2) is 0 Å². The van der Waals surface area contributed by atoms with Crippen molar-refractivity contribution in [3.8, 4) is 0 Å². The molecule has 0 radical (unpaired) electrons. The average Bonchev–Trinajstić information content (AvgIpc) is 2.22. The topological polar surface area (TPSA) is 124 Å². The minimum absolute atomic E-state index is 0.109. The number of nitrogens with one attached hydrogen (secondary N) is 1. The van der Waals surface area contributed by atoms with Gasteiger partial charge in [0.25, 0.3) is 0 Å². The molecule has 7 nitrogen and oxygen atoms in total. The molecule has 0 unspecified atom stereocenters. The lowest BCUT2D eigenvalue weighted by Crippen LogP contribution is -2.46. The van der Waals surface area contributed by atoms with Crippen molar-refractivity contribution in [1.29, 1.82) is 0 Å². The van der Waals surface area contributed by atoms with Gasteiger partial charge in [0.2, 0.25) is 5.91 Å². The van der Waals surface area contributed by atoms with E-state index < -0.39 is 36.4 Å². The summed E-state index contributed by atoms with van der Waals surface area (Å²) in [5.74, 6) is -3.82. The van der Waals surface area contributed by atoms with Crippen LogP contribution in [0.25, 0.3) is 0 Å². The Balaban J connectivity index is 4.63. The molecule has 1 amide bonds. The molecule has 0 heterocycles. The number of rotatable bonds is 8. The largest absolute Gasteiger partial charge is 0.481 e. The Kier molecular flexibility index (Phi) is 6.96. The monoisotopic (exact) mass is 261 g/mol. The summed E-state index contributed by atoms with van der Waals surface area (Å²) in [7, 11) is 0. The Morgan fingerprint density at radius 2 is 1.72 bits per heavy atom. The molecule has 0 aromatic heterocycles. The zero-order valence-electron chi connectivity index (χ0n) is 10.4. The van der Waals surface area contributed by atoms with E-state index in [1.807, 2.05) is 13.8 Å². The van der Waals surface area contributed by atoms with Gasteiger partial charge in [-0.05, 0) is 12.3 Å². The van der Waals surface area contributed by atoms with Crippen molar-refractivity contribution in [3.05, 3.63) is 0 Å². The SMILES string of the molecule is CC(C)C[C@H](CC(=O)O)C(=O)N[C@@H](CO)C(=O)O. The van der Waals surface area contributed by atoms with E-state index >= 15 is 0 Å². The third-order valence-electron chi connectivity index (χ3n) is 2.34. The quantitative estimate of drug-likeness (QED) is 0.475. The van der Waals surface area contributed by atoms with Gasteiger partial charge in [0.15, 0.2) is 0 Å². The molecule has 18 heavy (non-hydrogen) atoms. The van der Waals surface area contributed by atoms with Crippen LogP contribution in [-0.4, -0.2) is 45.8 Å². The van der Waals surface area contributed by atoms with Gasteiger partial charge < -0.3 is 20.6 Å². The normalized spacial score (nSPS) is 14.0. The lowest BCUT2D eigenvalue weighted by molar-refractivity contribution is -0.145. The molecule has 0 saturated carbocycles. The first-order valence-corrected chi connectivity index (χ1v) is 5.63. The third kappa shape index (κ3) is 6.19. The van der Waals surface area contributed by atoms with Gasteiger partial charge >= 0.3 is 11.9 Å². The lowest BCUT2D eigenvalue weighted by Gasteiger charge is -2.19. The summed E-state index contributed by atoms with van der Waals surface area (Å²) in [6.07, 6.45) is -0.0162. The van der Waals surface area contributed by atoms with Crippen molar-refractivity contribution < 1.29 is 29.7 Å². The number of aliphatic carboxylic acids is 2. The van der Waals surface area contributed by atoms with Gasteiger partial charge in [0.05, 0.1) is 13.0 Å². The van der Waals surface area contributed by atoms with Crippen molar-refractivity contribution in [1.82, 2.24) is 5.32 Å². The van der Waals surface area contributed by atoms with Crippen LogP contribution < -0.4 is 5.32 Å². The first-order chi connectivity index (χ1) is 8.27. The van der Waals surface area contributed by atoms with E-state index in [0.29, 0.717) is 6.42 Å². The van der Waals surface area contributed by atoms with Crippen LogP contribution in [0.2, 0.25) is 0 Å². The Morgan fingerprint density at radius 3 is 2.06 bits per heavy atom. The number of carbonyl (C=O) groups is 3. The second-order valence-electron chi connectivity index (χ2n) is 4.51. The predicted molar refractivity (Wildman–Crippen MR) is 61.9 cm³/mol. The highest BCUT2D eigenvalue weighted by molar-refractivity contribution is 5.87. The molecule has 0 aliphatic rings. The van der Waals surface area contributed by atoms with Crippen LogP contribution in [0, 0.1) is 11.8 Å². The Labute approximate surface area is 105 Å². The molecule has 0 spiro atoms. The molecule has 2 atom stereocenters. The number of carbonyl (C=O) groups excluding carboxylic acids is 1. The van der Waals surface area contributed by atoms with E-state index in [1.54, 1.807) is 0 Å². The van der Waals surface area contributed by atoms with Gasteiger partial charge in [-0.15, -0.1) is 0 Å². The van der Waals surface area contributed by atoms with Crippen molar-refractivity contribution in [2.75, 3.05) is 6.61 Å². The van der Waals surface area contributed by atoms with Crippen LogP contribution in [-0.2, 0) is 14.4 Å². The second kappa shape index (κ2) is 7.65. The summed E-state index contributed by atoms with van der Waals surface area (Å²) < 4.78 is 0. The van der Waals surface area contributed by atoms with Crippen molar-refractivity contribution in [2.45, 2.75) is 32.7 Å². The number of amides is 1. The first kappa shape index (κ1) is 16.4. The summed E-state index contributed by atoms with van der Waals surface area (Å²) in [5, 5.41) is 28.3. The van der Waals surface area contributed by atoms with E-state index in [0.717, 1.165) is 0 Å². The molecule has 4 N–H and O–H groups in total. The number of aliphatic hydroxyl groups is 1. The maximum Gasteiger partial charge on any atom is 0.328 e. The van der Waals surface area contributed by atoms with Gasteiger partial charge in [-0.25, -0.2) is 4.79 Å². The molecule has 0 aromatic rings. The van der Waals surface area contributed by atoms with Gasteiger partial charge in [-0.2, -0.15) is 0 Å². The van der Waals surface area contributed by atoms with Crippen molar-refractivity contribution >= 4 is 17.8 Å². The fraction of sp³-hybridized carbons (Fsp3) is 0.727. The van der Waals surface area contributed by atoms with Gasteiger partial charge in [-0.1, -0.05) is 13.8 Å². The van der Waals surface area contributed by atoms with Gasteiger partial charge in [0.1, 0.15) is 6.04 Å². The zero-order chi connectivity index (χ0) is 14.3. The molecule has 0 aliphatic carbocycles. The van der Waals surface area contributed by atoms with E-state index in [-0.39, 0.29) is 12.3 Å². The Hall–Kier alpha value is -1.63. The fourth-order valence-electron chi connectivity index (χ4n) is 1.54. The second-order valence-corrected chi connectivity index (χ2v) is 4.51. The minimum atomic E-state index is -1.40. The van der Waals surface area contributed by atoms with Gasteiger partial charge in [0, 0.05) is 5.92 Å². The number of hydrogen-bond donors (Lipinski definition) is 4. The number of carboxylic acids is 2. The fourth-order valence-corrected chi connectivity index (χ4v) is 1.54. The number of carboxylic acid groups (broad SMARTS) is 2. The first-order valence-electron chi connectivity index (χ1n) is 5.63. The van der Waals surface area contributed by atoms with Crippen molar-refractivity contribution in [2.24, 2.45) is 11.8 Å². The summed E-state index contributed by atoms with van der Waals surface area (Å²) in [6.45, 7) is 2.94. The average molecular weight is 261 g/mol. The molecule has 0 fully saturated rings.